The molecule has 1 fully saturated rings. The monoisotopic (exact) mass is 348 g/mol. The van der Waals surface area contributed by atoms with Crippen molar-refractivity contribution >= 4 is 11.9 Å². The van der Waals surface area contributed by atoms with Crippen molar-refractivity contribution in [2.24, 2.45) is 10.8 Å². The van der Waals surface area contributed by atoms with Crippen molar-refractivity contribution in [3.63, 3.8) is 0 Å². The number of hydrogen-bond acceptors (Lipinski definition) is 8. The first-order valence-electron chi connectivity index (χ1n) is 7.83. The van der Waals surface area contributed by atoms with E-state index >= 15 is 0 Å². The molecule has 24 heavy (non-hydrogen) atoms. The van der Waals surface area contributed by atoms with Crippen LogP contribution in [0.4, 0.5) is 0 Å². The van der Waals surface area contributed by atoms with E-state index in [0.717, 1.165) is 0 Å². The van der Waals surface area contributed by atoms with Gasteiger partial charge in [0.1, 0.15) is 24.9 Å². The average molecular weight is 348 g/mol. The van der Waals surface area contributed by atoms with E-state index in [0.29, 0.717) is 0 Å². The van der Waals surface area contributed by atoms with Gasteiger partial charge in [0, 0.05) is 0 Å². The molecule has 5 atom stereocenters. The fraction of sp³-hybridized carbons (Fsp3) is 0.875. The molecule has 1 aliphatic rings. The highest BCUT2D eigenvalue weighted by Crippen LogP contribution is 2.26. The molecular formula is C16H28O8. The molecule has 140 valence electrons. The normalized spacial score (nSPS) is 31.5. The van der Waals surface area contributed by atoms with Crippen LogP contribution in [-0.2, 0) is 23.8 Å². The summed E-state index contributed by atoms with van der Waals surface area (Å²) >= 11 is 0. The zero-order chi connectivity index (χ0) is 18.9. The Labute approximate surface area is 141 Å². The molecule has 0 aromatic carbocycles. The summed E-state index contributed by atoms with van der Waals surface area (Å²) in [6.45, 7) is 9.50. The van der Waals surface area contributed by atoms with E-state index in [-0.39, 0.29) is 6.61 Å². The lowest BCUT2D eigenvalue weighted by atomic mass is 9.95. The zero-order valence-electron chi connectivity index (χ0n) is 15.0. The summed E-state index contributed by atoms with van der Waals surface area (Å²) in [4.78, 5) is 23.6. The number of carbonyl (C=O) groups is 2. The van der Waals surface area contributed by atoms with Gasteiger partial charge in [-0.05, 0) is 41.5 Å². The van der Waals surface area contributed by atoms with Gasteiger partial charge in [0.25, 0.3) is 0 Å². The lowest BCUT2D eigenvalue weighted by Crippen LogP contribution is -2.60. The number of aliphatic hydroxyl groups is 3. The number of aliphatic hydroxyl groups excluding tert-OH is 3. The highest BCUT2D eigenvalue weighted by atomic mass is 16.7. The van der Waals surface area contributed by atoms with Crippen LogP contribution in [0.15, 0.2) is 0 Å². The van der Waals surface area contributed by atoms with Gasteiger partial charge in [0.05, 0.1) is 10.8 Å². The van der Waals surface area contributed by atoms with Gasteiger partial charge in [-0.15, -0.1) is 0 Å². The number of hydrogen-bond donors (Lipinski definition) is 3. The minimum Gasteiger partial charge on any atom is -0.462 e. The highest BCUT2D eigenvalue weighted by Gasteiger charge is 2.47. The second-order valence-electron chi connectivity index (χ2n) is 8.01. The maximum atomic E-state index is 11.9. The third kappa shape index (κ3) is 5.14. The first-order chi connectivity index (χ1) is 10.7. The third-order valence-electron chi connectivity index (χ3n) is 3.51. The molecule has 1 saturated heterocycles. The van der Waals surface area contributed by atoms with Gasteiger partial charge < -0.3 is 29.5 Å². The third-order valence-corrected chi connectivity index (χ3v) is 3.51. The molecule has 0 radical (unpaired) electrons. The molecule has 0 bridgehead atoms. The largest absolute Gasteiger partial charge is 0.462 e. The lowest BCUT2D eigenvalue weighted by Gasteiger charge is -2.40. The van der Waals surface area contributed by atoms with Gasteiger partial charge in [-0.3, -0.25) is 9.59 Å². The van der Waals surface area contributed by atoms with Crippen molar-refractivity contribution in [2.45, 2.75) is 72.2 Å². The van der Waals surface area contributed by atoms with Crippen LogP contribution in [0.5, 0.6) is 0 Å². The van der Waals surface area contributed by atoms with Gasteiger partial charge >= 0.3 is 11.9 Å². The molecule has 0 spiro atoms. The fourth-order valence-electron chi connectivity index (χ4n) is 1.86. The van der Waals surface area contributed by atoms with Crippen molar-refractivity contribution in [3.05, 3.63) is 0 Å². The molecule has 1 rings (SSSR count). The van der Waals surface area contributed by atoms with Crippen LogP contribution >= 0.6 is 0 Å². The Bertz CT molecular complexity index is 460. The van der Waals surface area contributed by atoms with Crippen molar-refractivity contribution < 1.29 is 39.1 Å². The van der Waals surface area contributed by atoms with Crippen LogP contribution in [0.1, 0.15) is 41.5 Å². The lowest BCUT2D eigenvalue weighted by molar-refractivity contribution is -0.293. The van der Waals surface area contributed by atoms with Crippen LogP contribution in [-0.4, -0.2) is 64.6 Å². The first kappa shape index (κ1) is 20.8. The van der Waals surface area contributed by atoms with Gasteiger partial charge in [-0.2, -0.15) is 0 Å². The average Bonchev–Trinajstić information content (AvgIpc) is 2.43. The van der Waals surface area contributed by atoms with Crippen LogP contribution < -0.4 is 0 Å². The smallest absolute Gasteiger partial charge is 0.311 e. The molecule has 0 aromatic rings. The molecule has 0 saturated carbocycles. The van der Waals surface area contributed by atoms with Crippen molar-refractivity contribution in [1.82, 2.24) is 0 Å². The van der Waals surface area contributed by atoms with Crippen LogP contribution in [0.2, 0.25) is 0 Å². The van der Waals surface area contributed by atoms with Gasteiger partial charge in [-0.1, -0.05) is 0 Å². The Morgan fingerprint density at radius 3 is 1.88 bits per heavy atom. The summed E-state index contributed by atoms with van der Waals surface area (Å²) < 4.78 is 15.2. The summed E-state index contributed by atoms with van der Waals surface area (Å²) in [6.07, 6.45) is -7.27. The molecule has 0 amide bonds. The second kappa shape index (κ2) is 7.35. The van der Waals surface area contributed by atoms with E-state index < -0.39 is 53.5 Å². The van der Waals surface area contributed by atoms with Crippen molar-refractivity contribution in [2.75, 3.05) is 6.61 Å². The second-order valence-corrected chi connectivity index (χ2v) is 8.01. The fourth-order valence-corrected chi connectivity index (χ4v) is 1.86. The van der Waals surface area contributed by atoms with E-state index in [1.807, 2.05) is 0 Å². The Hall–Kier alpha value is -1.22. The Kier molecular flexibility index (Phi) is 6.37. The molecule has 0 aliphatic carbocycles. The minimum atomic E-state index is -1.65. The number of esters is 2. The zero-order valence-corrected chi connectivity index (χ0v) is 15.0. The molecule has 0 unspecified atom stereocenters. The molecular weight excluding hydrogens is 320 g/mol. The predicted molar refractivity (Wildman–Crippen MR) is 82.6 cm³/mol. The van der Waals surface area contributed by atoms with Gasteiger partial charge in [-0.25, -0.2) is 0 Å². The van der Waals surface area contributed by atoms with E-state index in [9.17, 15) is 24.9 Å². The summed E-state index contributed by atoms with van der Waals surface area (Å²) in [5, 5.41) is 30.2. The standard InChI is InChI=1S/C16H28O8/c1-15(2,3)13(20)22-7-8-9(17)10(18)11(12(19)23-8)24-14(21)16(4,5)6/h8-12,17-19H,7H2,1-6H3/t8-,9-,10+,11+,12+/m1/s1. The Morgan fingerprint density at radius 1 is 0.917 bits per heavy atom. The minimum absolute atomic E-state index is 0.342. The quantitative estimate of drug-likeness (QED) is 0.608. The maximum absolute atomic E-state index is 11.9. The first-order valence-corrected chi connectivity index (χ1v) is 7.83. The van der Waals surface area contributed by atoms with Crippen LogP contribution in [0.3, 0.4) is 0 Å². The Balaban J connectivity index is 2.70. The molecule has 3 N–H and O–H groups in total. The van der Waals surface area contributed by atoms with Crippen molar-refractivity contribution in [1.29, 1.82) is 0 Å². The summed E-state index contributed by atoms with van der Waals surface area (Å²) in [5.74, 6) is -1.16. The molecule has 8 nitrogen and oxygen atoms in total. The van der Waals surface area contributed by atoms with Gasteiger partial charge in [0.15, 0.2) is 12.4 Å². The van der Waals surface area contributed by atoms with E-state index in [1.165, 1.54) is 0 Å². The SMILES string of the molecule is CC(C)(C)C(=O)OC[C@H]1O[C@H](O)[C@@H](OC(=O)C(C)(C)C)[C@@H](O)[C@@H]1O. The highest BCUT2D eigenvalue weighted by molar-refractivity contribution is 5.76. The van der Waals surface area contributed by atoms with E-state index in [1.54, 1.807) is 41.5 Å². The molecule has 1 heterocycles. The molecule has 1 aliphatic heterocycles. The number of carbonyl (C=O) groups excluding carboxylic acids is 2. The van der Waals surface area contributed by atoms with E-state index in [4.69, 9.17) is 14.2 Å². The maximum Gasteiger partial charge on any atom is 0.311 e. The molecule has 8 heteroatoms. The van der Waals surface area contributed by atoms with E-state index in [2.05, 4.69) is 0 Å². The number of rotatable bonds is 3. The van der Waals surface area contributed by atoms with Gasteiger partial charge in [0.2, 0.25) is 0 Å². The molecule has 0 aromatic heterocycles. The van der Waals surface area contributed by atoms with Crippen LogP contribution in [0, 0.1) is 10.8 Å². The Morgan fingerprint density at radius 2 is 1.42 bits per heavy atom. The summed E-state index contributed by atoms with van der Waals surface area (Å²) in [5.41, 5.74) is -1.58. The summed E-state index contributed by atoms with van der Waals surface area (Å²) in [7, 11) is 0. The topological polar surface area (TPSA) is 123 Å². The summed E-state index contributed by atoms with van der Waals surface area (Å²) in [6, 6.07) is 0. The van der Waals surface area contributed by atoms with Crippen LogP contribution in [0.25, 0.3) is 0 Å². The predicted octanol–water partition coefficient (Wildman–Crippen LogP) is -0.0274. The van der Waals surface area contributed by atoms with Crippen molar-refractivity contribution in [3.8, 4) is 0 Å². The number of ether oxygens (including phenoxy) is 3.